The lowest BCUT2D eigenvalue weighted by Gasteiger charge is -2.13. The molecule has 3 nitrogen and oxygen atoms in total. The smallest absolute Gasteiger partial charge is 0.120 e. The fourth-order valence-corrected chi connectivity index (χ4v) is 2.03. The molecule has 0 amide bonds. The fourth-order valence-electron chi connectivity index (χ4n) is 2.03. The molecule has 1 aliphatic carbocycles. The van der Waals surface area contributed by atoms with E-state index in [4.69, 9.17) is 4.74 Å². The van der Waals surface area contributed by atoms with E-state index in [1.807, 2.05) is 36.4 Å². The molecule has 1 aromatic heterocycles. The van der Waals surface area contributed by atoms with Gasteiger partial charge in [0.1, 0.15) is 5.75 Å². The number of rotatable bonds is 5. The molecule has 0 spiro atoms. The van der Waals surface area contributed by atoms with Crippen molar-refractivity contribution in [1.29, 1.82) is 0 Å². The average molecular weight is 255 g/mol. The van der Waals surface area contributed by atoms with Gasteiger partial charge in [0, 0.05) is 18.8 Å². The number of hydrogen-bond acceptors (Lipinski definition) is 3. The first-order chi connectivity index (χ1) is 9.31. The normalized spacial score (nSPS) is 16.1. The number of ether oxygens (including phenoxy) is 1. The number of nitrogens with zero attached hydrogens (tertiary/aromatic N) is 1. The van der Waals surface area contributed by atoms with E-state index >= 15 is 0 Å². The number of benzene rings is 1. The first-order valence-electron chi connectivity index (χ1n) is 6.65. The van der Waals surface area contributed by atoms with Crippen LogP contribution in [0.25, 0.3) is 0 Å². The molecule has 3 rings (SSSR count). The van der Waals surface area contributed by atoms with E-state index < -0.39 is 6.10 Å². The van der Waals surface area contributed by atoms with Gasteiger partial charge in [0.2, 0.25) is 0 Å². The van der Waals surface area contributed by atoms with Crippen molar-refractivity contribution in [3.8, 4) is 5.75 Å². The second-order valence-electron chi connectivity index (χ2n) is 4.97. The quantitative estimate of drug-likeness (QED) is 0.893. The van der Waals surface area contributed by atoms with Gasteiger partial charge in [0.05, 0.1) is 12.2 Å². The van der Waals surface area contributed by atoms with Gasteiger partial charge in [0.25, 0.3) is 0 Å². The highest BCUT2D eigenvalue weighted by Gasteiger charge is 2.23. The van der Waals surface area contributed by atoms with Gasteiger partial charge in [-0.25, -0.2) is 0 Å². The maximum atomic E-state index is 10.3. The minimum absolute atomic E-state index is 0.382. The third-order valence-corrected chi connectivity index (χ3v) is 3.25. The molecule has 0 bridgehead atoms. The summed E-state index contributed by atoms with van der Waals surface area (Å²) in [5.41, 5.74) is 1.98. The first kappa shape index (κ1) is 12.2. The molecule has 0 radical (unpaired) electrons. The Bertz CT molecular complexity index is 537. The second-order valence-corrected chi connectivity index (χ2v) is 4.97. The lowest BCUT2D eigenvalue weighted by atomic mass is 10.0. The number of aromatic nitrogens is 1. The lowest BCUT2D eigenvalue weighted by molar-refractivity contribution is 0.177. The van der Waals surface area contributed by atoms with Gasteiger partial charge in [-0.1, -0.05) is 12.1 Å². The summed E-state index contributed by atoms with van der Waals surface area (Å²) in [5, 5.41) is 10.3. The molecule has 1 saturated carbocycles. The Hall–Kier alpha value is -1.87. The molecule has 1 atom stereocenters. The predicted octanol–water partition coefficient (Wildman–Crippen LogP) is 2.90. The maximum Gasteiger partial charge on any atom is 0.120 e. The van der Waals surface area contributed by atoms with E-state index in [2.05, 4.69) is 4.98 Å². The first-order valence-corrected chi connectivity index (χ1v) is 6.65. The Kier molecular flexibility index (Phi) is 3.47. The third kappa shape index (κ3) is 3.32. The highest BCUT2D eigenvalue weighted by atomic mass is 16.5. The minimum Gasteiger partial charge on any atom is -0.490 e. The second kappa shape index (κ2) is 5.41. The molecule has 1 N–H and O–H groups in total. The van der Waals surface area contributed by atoms with E-state index in [1.165, 1.54) is 0 Å². The highest BCUT2D eigenvalue weighted by molar-refractivity contribution is 5.31. The Labute approximate surface area is 112 Å². The Morgan fingerprint density at radius 3 is 2.74 bits per heavy atom. The van der Waals surface area contributed by atoms with E-state index in [0.717, 1.165) is 29.7 Å². The molecule has 0 aliphatic heterocycles. The van der Waals surface area contributed by atoms with Gasteiger partial charge in [-0.2, -0.15) is 0 Å². The van der Waals surface area contributed by atoms with E-state index in [0.29, 0.717) is 12.5 Å². The average Bonchev–Trinajstić information content (AvgIpc) is 3.24. The van der Waals surface area contributed by atoms with E-state index in [-0.39, 0.29) is 0 Å². The molecule has 1 unspecified atom stereocenters. The predicted molar refractivity (Wildman–Crippen MR) is 73.0 cm³/mol. The highest BCUT2D eigenvalue weighted by Crippen LogP contribution is 2.28. The molecule has 19 heavy (non-hydrogen) atoms. The summed E-state index contributed by atoms with van der Waals surface area (Å²) in [7, 11) is 0. The molecule has 1 aromatic carbocycles. The zero-order valence-electron chi connectivity index (χ0n) is 10.7. The number of aliphatic hydroxyl groups excluding tert-OH is 1. The number of hydrogen-bond donors (Lipinski definition) is 1. The van der Waals surface area contributed by atoms with Crippen LogP contribution in [-0.2, 0) is 6.42 Å². The Morgan fingerprint density at radius 1 is 1.21 bits per heavy atom. The van der Waals surface area contributed by atoms with Gasteiger partial charge in [-0.15, -0.1) is 0 Å². The van der Waals surface area contributed by atoms with Crippen LogP contribution < -0.4 is 4.74 Å². The lowest BCUT2D eigenvalue weighted by Crippen LogP contribution is -2.03. The molecular weight excluding hydrogens is 238 g/mol. The van der Waals surface area contributed by atoms with Crippen LogP contribution in [0, 0.1) is 0 Å². The molecule has 98 valence electrons. The molecule has 1 heterocycles. The van der Waals surface area contributed by atoms with E-state index in [9.17, 15) is 5.11 Å². The van der Waals surface area contributed by atoms with Crippen molar-refractivity contribution in [3.05, 3.63) is 59.9 Å². The van der Waals surface area contributed by atoms with Gasteiger partial charge in [0.15, 0.2) is 0 Å². The van der Waals surface area contributed by atoms with Crippen molar-refractivity contribution < 1.29 is 9.84 Å². The summed E-state index contributed by atoms with van der Waals surface area (Å²) < 4.78 is 5.75. The summed E-state index contributed by atoms with van der Waals surface area (Å²) in [6.45, 7) is 0. The minimum atomic E-state index is -0.509. The Morgan fingerprint density at radius 2 is 2.00 bits per heavy atom. The van der Waals surface area contributed by atoms with Crippen LogP contribution in [0.3, 0.4) is 0 Å². The van der Waals surface area contributed by atoms with Crippen molar-refractivity contribution in [2.75, 3.05) is 0 Å². The molecule has 1 aliphatic rings. The van der Waals surface area contributed by atoms with Crippen LogP contribution in [0.4, 0.5) is 0 Å². The van der Waals surface area contributed by atoms with Crippen LogP contribution in [0.1, 0.15) is 30.1 Å². The third-order valence-electron chi connectivity index (χ3n) is 3.25. The van der Waals surface area contributed by atoms with Crippen molar-refractivity contribution in [2.45, 2.75) is 31.5 Å². The fraction of sp³-hybridized carbons (Fsp3) is 0.312. The Balaban J connectivity index is 1.70. The zero-order chi connectivity index (χ0) is 13.1. The van der Waals surface area contributed by atoms with Gasteiger partial charge in [-0.3, -0.25) is 4.98 Å². The largest absolute Gasteiger partial charge is 0.490 e. The standard InChI is InChI=1S/C16H17NO2/c18-16(10-12-6-8-17-9-7-12)13-2-1-3-15(11-13)19-14-4-5-14/h1-3,6-9,11,14,16,18H,4-5,10H2. The van der Waals surface area contributed by atoms with Crippen LogP contribution >= 0.6 is 0 Å². The number of aliphatic hydroxyl groups is 1. The molecule has 1 fully saturated rings. The summed E-state index contributed by atoms with van der Waals surface area (Å²) in [5.74, 6) is 0.855. The molecule has 0 saturated heterocycles. The summed E-state index contributed by atoms with van der Waals surface area (Å²) in [6, 6.07) is 11.6. The van der Waals surface area contributed by atoms with Crippen LogP contribution in [-0.4, -0.2) is 16.2 Å². The van der Waals surface area contributed by atoms with Crippen molar-refractivity contribution in [3.63, 3.8) is 0 Å². The topological polar surface area (TPSA) is 42.4 Å². The van der Waals surface area contributed by atoms with Crippen LogP contribution in [0.5, 0.6) is 5.75 Å². The number of pyridine rings is 1. The monoisotopic (exact) mass is 255 g/mol. The van der Waals surface area contributed by atoms with Crippen LogP contribution in [0.15, 0.2) is 48.8 Å². The van der Waals surface area contributed by atoms with Gasteiger partial charge in [-0.05, 0) is 48.2 Å². The molecular formula is C16H17NO2. The van der Waals surface area contributed by atoms with Crippen molar-refractivity contribution >= 4 is 0 Å². The summed E-state index contributed by atoms with van der Waals surface area (Å²) >= 11 is 0. The van der Waals surface area contributed by atoms with Crippen molar-refractivity contribution in [1.82, 2.24) is 4.98 Å². The SMILES string of the molecule is OC(Cc1ccncc1)c1cccc(OC2CC2)c1. The maximum absolute atomic E-state index is 10.3. The molecule has 3 heteroatoms. The van der Waals surface area contributed by atoms with Crippen LogP contribution in [0.2, 0.25) is 0 Å². The summed E-state index contributed by atoms with van der Waals surface area (Å²) in [4.78, 5) is 3.98. The molecule has 2 aromatic rings. The zero-order valence-corrected chi connectivity index (χ0v) is 10.7. The van der Waals surface area contributed by atoms with Gasteiger partial charge < -0.3 is 9.84 Å². The summed E-state index contributed by atoms with van der Waals surface area (Å²) in [6.07, 6.45) is 6.24. The van der Waals surface area contributed by atoms with Gasteiger partial charge >= 0.3 is 0 Å². The van der Waals surface area contributed by atoms with Crippen molar-refractivity contribution in [2.24, 2.45) is 0 Å². The van der Waals surface area contributed by atoms with E-state index in [1.54, 1.807) is 12.4 Å².